The van der Waals surface area contributed by atoms with E-state index in [-0.39, 0.29) is 5.91 Å². The average Bonchev–Trinajstić information content (AvgIpc) is 3.40. The molecule has 0 aliphatic rings. The van der Waals surface area contributed by atoms with Gasteiger partial charge in [-0.25, -0.2) is 0 Å². The Bertz CT molecular complexity index is 1200. The standard InChI is InChI=1S/C23H19Cl2N3O2S/c1-15-2-5-18(6-3-15)30-13-17-11-21(31-14-17)23(29)26-22-8-9-28(27-22)12-16-4-7-19(24)20(25)10-16/h2-11,14H,12-13H2,1H3,(H,26,27,29). The molecule has 0 radical (unpaired) electrons. The van der Waals surface area contributed by atoms with Crippen molar-refractivity contribution in [1.29, 1.82) is 0 Å². The number of hydrogen-bond acceptors (Lipinski definition) is 4. The maximum Gasteiger partial charge on any atom is 0.266 e. The molecule has 0 saturated carbocycles. The summed E-state index contributed by atoms with van der Waals surface area (Å²) < 4.78 is 7.50. The first kappa shape index (κ1) is 21.4. The smallest absolute Gasteiger partial charge is 0.266 e. The molecule has 0 spiro atoms. The summed E-state index contributed by atoms with van der Waals surface area (Å²) in [6.07, 6.45) is 1.80. The summed E-state index contributed by atoms with van der Waals surface area (Å²) in [6, 6.07) is 16.9. The lowest BCUT2D eigenvalue weighted by Crippen LogP contribution is -2.11. The molecular weight excluding hydrogens is 453 g/mol. The van der Waals surface area contributed by atoms with Crippen LogP contribution in [0.15, 0.2) is 66.2 Å². The lowest BCUT2D eigenvalue weighted by Gasteiger charge is -2.05. The molecule has 0 aliphatic heterocycles. The number of aromatic nitrogens is 2. The highest BCUT2D eigenvalue weighted by molar-refractivity contribution is 7.12. The van der Waals surface area contributed by atoms with Crippen molar-refractivity contribution in [1.82, 2.24) is 9.78 Å². The Balaban J connectivity index is 1.33. The van der Waals surface area contributed by atoms with Gasteiger partial charge in [-0.05, 0) is 48.2 Å². The van der Waals surface area contributed by atoms with Crippen LogP contribution >= 0.6 is 34.5 Å². The second-order valence-corrected chi connectivity index (χ2v) is 8.75. The molecule has 2 aromatic heterocycles. The second-order valence-electron chi connectivity index (χ2n) is 7.02. The zero-order chi connectivity index (χ0) is 21.8. The van der Waals surface area contributed by atoms with E-state index in [1.807, 2.05) is 48.7 Å². The third kappa shape index (κ3) is 5.67. The largest absolute Gasteiger partial charge is 0.489 e. The van der Waals surface area contributed by atoms with Crippen molar-refractivity contribution in [3.8, 4) is 5.75 Å². The Labute approximate surface area is 194 Å². The van der Waals surface area contributed by atoms with Crippen molar-refractivity contribution < 1.29 is 9.53 Å². The van der Waals surface area contributed by atoms with E-state index in [0.29, 0.717) is 33.9 Å². The Kier molecular flexibility index (Phi) is 6.61. The first-order chi connectivity index (χ1) is 15.0. The van der Waals surface area contributed by atoms with E-state index in [0.717, 1.165) is 16.9 Å². The number of carbonyl (C=O) groups excluding carboxylic acids is 1. The van der Waals surface area contributed by atoms with Gasteiger partial charge in [-0.3, -0.25) is 9.48 Å². The van der Waals surface area contributed by atoms with Crippen molar-refractivity contribution in [3.63, 3.8) is 0 Å². The van der Waals surface area contributed by atoms with E-state index < -0.39 is 0 Å². The van der Waals surface area contributed by atoms with E-state index in [4.69, 9.17) is 27.9 Å². The lowest BCUT2D eigenvalue weighted by molar-refractivity contribution is 0.103. The summed E-state index contributed by atoms with van der Waals surface area (Å²) >= 11 is 13.4. The number of thiophene rings is 1. The highest BCUT2D eigenvalue weighted by atomic mass is 35.5. The van der Waals surface area contributed by atoms with Crippen LogP contribution in [0.5, 0.6) is 5.75 Å². The van der Waals surface area contributed by atoms with Crippen LogP contribution in [-0.2, 0) is 13.2 Å². The molecule has 2 heterocycles. The van der Waals surface area contributed by atoms with Crippen LogP contribution in [0.1, 0.15) is 26.4 Å². The number of rotatable bonds is 7. The molecule has 8 heteroatoms. The minimum atomic E-state index is -0.202. The minimum Gasteiger partial charge on any atom is -0.489 e. The molecule has 158 valence electrons. The molecule has 31 heavy (non-hydrogen) atoms. The molecule has 1 amide bonds. The monoisotopic (exact) mass is 471 g/mol. The number of halogens is 2. The fourth-order valence-corrected chi connectivity index (χ4v) is 4.00. The van der Waals surface area contributed by atoms with Gasteiger partial charge >= 0.3 is 0 Å². The van der Waals surface area contributed by atoms with Gasteiger partial charge < -0.3 is 10.1 Å². The fraction of sp³-hybridized carbons (Fsp3) is 0.130. The first-order valence-electron chi connectivity index (χ1n) is 9.52. The van der Waals surface area contributed by atoms with Crippen molar-refractivity contribution in [2.24, 2.45) is 0 Å². The second kappa shape index (κ2) is 9.56. The van der Waals surface area contributed by atoms with E-state index in [2.05, 4.69) is 10.4 Å². The number of anilines is 1. The maximum atomic E-state index is 12.6. The van der Waals surface area contributed by atoms with Crippen molar-refractivity contribution in [2.75, 3.05) is 5.32 Å². The van der Waals surface area contributed by atoms with Crippen LogP contribution < -0.4 is 10.1 Å². The van der Waals surface area contributed by atoms with Gasteiger partial charge in [0.1, 0.15) is 12.4 Å². The molecule has 1 N–H and O–H groups in total. The SMILES string of the molecule is Cc1ccc(OCc2csc(C(=O)Nc3ccn(Cc4ccc(Cl)c(Cl)c4)n3)c2)cc1. The molecule has 0 bridgehead atoms. The van der Waals surface area contributed by atoms with Gasteiger partial charge in [-0.2, -0.15) is 5.10 Å². The Morgan fingerprint density at radius 2 is 1.87 bits per heavy atom. The molecular formula is C23H19Cl2N3O2S. The summed E-state index contributed by atoms with van der Waals surface area (Å²) in [6.45, 7) is 2.96. The van der Waals surface area contributed by atoms with E-state index >= 15 is 0 Å². The van der Waals surface area contributed by atoms with Crippen LogP contribution in [0.4, 0.5) is 5.82 Å². The topological polar surface area (TPSA) is 56.1 Å². The number of benzene rings is 2. The molecule has 4 rings (SSSR count). The number of hydrogen-bond donors (Lipinski definition) is 1. The average molecular weight is 472 g/mol. The van der Waals surface area contributed by atoms with Crippen molar-refractivity contribution >= 4 is 46.3 Å². The number of aryl methyl sites for hydroxylation is 1. The number of amides is 1. The van der Waals surface area contributed by atoms with E-state index in [1.165, 1.54) is 16.9 Å². The van der Waals surface area contributed by atoms with Gasteiger partial charge in [0, 0.05) is 17.8 Å². The van der Waals surface area contributed by atoms with Crippen LogP contribution in [0.3, 0.4) is 0 Å². The highest BCUT2D eigenvalue weighted by Crippen LogP contribution is 2.23. The third-order valence-electron chi connectivity index (χ3n) is 4.51. The van der Waals surface area contributed by atoms with Crippen LogP contribution in [0.2, 0.25) is 10.0 Å². The van der Waals surface area contributed by atoms with Gasteiger partial charge in [0.25, 0.3) is 5.91 Å². The highest BCUT2D eigenvalue weighted by Gasteiger charge is 2.12. The molecule has 0 atom stereocenters. The van der Waals surface area contributed by atoms with Gasteiger partial charge in [0.05, 0.1) is 21.5 Å². The number of nitrogens with one attached hydrogen (secondary N) is 1. The predicted octanol–water partition coefficient (Wildman–Crippen LogP) is 6.44. The van der Waals surface area contributed by atoms with Gasteiger partial charge in [-0.15, -0.1) is 11.3 Å². The normalized spacial score (nSPS) is 10.8. The molecule has 5 nitrogen and oxygen atoms in total. The van der Waals surface area contributed by atoms with Gasteiger partial charge in [-0.1, -0.05) is 47.0 Å². The Morgan fingerprint density at radius 3 is 2.65 bits per heavy atom. The summed E-state index contributed by atoms with van der Waals surface area (Å²) in [7, 11) is 0. The van der Waals surface area contributed by atoms with Crippen molar-refractivity contribution in [2.45, 2.75) is 20.1 Å². The van der Waals surface area contributed by atoms with Gasteiger partial charge in [0.2, 0.25) is 0 Å². The Morgan fingerprint density at radius 1 is 1.06 bits per heavy atom. The molecule has 0 fully saturated rings. The quantitative estimate of drug-likeness (QED) is 0.337. The zero-order valence-corrected chi connectivity index (χ0v) is 19.0. The van der Waals surface area contributed by atoms with Crippen LogP contribution in [-0.4, -0.2) is 15.7 Å². The zero-order valence-electron chi connectivity index (χ0n) is 16.6. The van der Waals surface area contributed by atoms with Crippen LogP contribution in [0, 0.1) is 6.92 Å². The molecule has 4 aromatic rings. The predicted molar refractivity (Wildman–Crippen MR) is 126 cm³/mol. The van der Waals surface area contributed by atoms with Crippen LogP contribution in [0.25, 0.3) is 0 Å². The molecule has 0 unspecified atom stereocenters. The van der Waals surface area contributed by atoms with Gasteiger partial charge in [0.15, 0.2) is 5.82 Å². The summed E-state index contributed by atoms with van der Waals surface area (Å²) in [5, 5.41) is 10.2. The summed E-state index contributed by atoms with van der Waals surface area (Å²) in [5.74, 6) is 1.08. The molecule has 0 aliphatic carbocycles. The number of nitrogens with zero attached hydrogens (tertiary/aromatic N) is 2. The van der Waals surface area contributed by atoms with Crippen molar-refractivity contribution in [3.05, 3.63) is 97.8 Å². The molecule has 2 aromatic carbocycles. The summed E-state index contributed by atoms with van der Waals surface area (Å²) in [4.78, 5) is 13.2. The number of carbonyl (C=O) groups is 1. The Hall–Kier alpha value is -2.80. The third-order valence-corrected chi connectivity index (χ3v) is 6.23. The number of ether oxygens (including phenoxy) is 1. The van der Waals surface area contributed by atoms with E-state index in [1.54, 1.807) is 29.1 Å². The fourth-order valence-electron chi connectivity index (χ4n) is 2.89. The lowest BCUT2D eigenvalue weighted by atomic mass is 10.2. The summed E-state index contributed by atoms with van der Waals surface area (Å²) in [5.41, 5.74) is 3.09. The van der Waals surface area contributed by atoms with E-state index in [9.17, 15) is 4.79 Å². The molecule has 0 saturated heterocycles. The maximum absolute atomic E-state index is 12.6. The minimum absolute atomic E-state index is 0.202. The first-order valence-corrected chi connectivity index (χ1v) is 11.2.